The van der Waals surface area contributed by atoms with Crippen molar-refractivity contribution in [2.75, 3.05) is 7.11 Å². The van der Waals surface area contributed by atoms with E-state index in [9.17, 15) is 4.79 Å². The molecular weight excluding hydrogens is 144 g/mol. The molecule has 0 aromatic heterocycles. The fraction of sp³-hybridized carbons (Fsp3) is 0.375. The predicted octanol–water partition coefficient (Wildman–Crippen LogP) is 0.653. The molecule has 1 unspecified atom stereocenters. The molecule has 0 aliphatic carbocycles. The van der Waals surface area contributed by atoms with Gasteiger partial charge in [-0.3, -0.25) is 0 Å². The van der Waals surface area contributed by atoms with Crippen LogP contribution in [0.1, 0.15) is 6.92 Å². The number of hydrogen-bond donors (Lipinski definition) is 1. The van der Waals surface area contributed by atoms with Crippen LogP contribution in [0.25, 0.3) is 0 Å². The van der Waals surface area contributed by atoms with Gasteiger partial charge in [0.1, 0.15) is 0 Å². The third-order valence-electron chi connectivity index (χ3n) is 1.17. The summed E-state index contributed by atoms with van der Waals surface area (Å²) in [6, 6.07) is 0. The Morgan fingerprint density at radius 2 is 2.27 bits per heavy atom. The van der Waals surface area contributed by atoms with Crippen LogP contribution in [0.5, 0.6) is 0 Å². The van der Waals surface area contributed by atoms with Gasteiger partial charge in [0, 0.05) is 5.57 Å². The maximum Gasteiger partial charge on any atom is 0.333 e. The topological polar surface area (TPSA) is 46.5 Å². The van der Waals surface area contributed by atoms with Crippen molar-refractivity contribution in [2.45, 2.75) is 13.0 Å². The van der Waals surface area contributed by atoms with E-state index < -0.39 is 12.1 Å². The molecule has 62 valence electrons. The molecule has 0 heterocycles. The van der Waals surface area contributed by atoms with Crippen LogP contribution in [0.4, 0.5) is 0 Å². The highest BCUT2D eigenvalue weighted by atomic mass is 16.5. The molecule has 0 fully saturated rings. The lowest BCUT2D eigenvalue weighted by Gasteiger charge is -2.00. The molecule has 0 radical (unpaired) electrons. The maximum absolute atomic E-state index is 10.7. The molecule has 0 aromatic carbocycles. The molecule has 3 heteroatoms. The molecule has 0 bridgehead atoms. The molecular formula is C8H12O3. The van der Waals surface area contributed by atoms with Gasteiger partial charge < -0.3 is 9.84 Å². The molecule has 0 spiro atoms. The van der Waals surface area contributed by atoms with E-state index >= 15 is 0 Å². The number of carbonyl (C=O) groups is 1. The molecule has 0 aliphatic heterocycles. The molecule has 0 saturated heterocycles. The van der Waals surface area contributed by atoms with E-state index in [0.29, 0.717) is 5.57 Å². The van der Waals surface area contributed by atoms with E-state index in [1.54, 1.807) is 6.92 Å². The second-order valence-corrected chi connectivity index (χ2v) is 2.07. The van der Waals surface area contributed by atoms with Crippen LogP contribution in [0.3, 0.4) is 0 Å². The van der Waals surface area contributed by atoms with Crippen LogP contribution in [0.15, 0.2) is 24.3 Å². The van der Waals surface area contributed by atoms with Crippen molar-refractivity contribution in [1.29, 1.82) is 0 Å². The zero-order valence-electron chi connectivity index (χ0n) is 6.70. The molecule has 3 nitrogen and oxygen atoms in total. The summed E-state index contributed by atoms with van der Waals surface area (Å²) in [4.78, 5) is 10.7. The van der Waals surface area contributed by atoms with Crippen LogP contribution in [0.2, 0.25) is 0 Å². The Labute approximate surface area is 66.0 Å². The Hall–Kier alpha value is -1.09. The van der Waals surface area contributed by atoms with Crippen LogP contribution in [-0.4, -0.2) is 24.3 Å². The lowest BCUT2D eigenvalue weighted by atomic mass is 10.2. The van der Waals surface area contributed by atoms with Crippen LogP contribution in [-0.2, 0) is 9.53 Å². The average Bonchev–Trinajstić information content (AvgIpc) is 2.02. The van der Waals surface area contributed by atoms with Gasteiger partial charge in [-0.15, -0.1) is 6.58 Å². The second-order valence-electron chi connectivity index (χ2n) is 2.07. The summed E-state index contributed by atoms with van der Waals surface area (Å²) >= 11 is 0. The van der Waals surface area contributed by atoms with Crippen molar-refractivity contribution >= 4 is 5.97 Å². The summed E-state index contributed by atoms with van der Waals surface area (Å²) in [5, 5.41) is 8.97. The largest absolute Gasteiger partial charge is 0.466 e. The summed E-state index contributed by atoms with van der Waals surface area (Å²) in [7, 11) is 1.29. The Bertz CT molecular complexity index is 182. The number of methoxy groups -OCH3 is 1. The average molecular weight is 156 g/mol. The van der Waals surface area contributed by atoms with E-state index in [1.807, 2.05) is 0 Å². The summed E-state index contributed by atoms with van der Waals surface area (Å²) < 4.78 is 4.40. The van der Waals surface area contributed by atoms with E-state index in [0.717, 1.165) is 0 Å². The van der Waals surface area contributed by atoms with Gasteiger partial charge in [0.25, 0.3) is 0 Å². The van der Waals surface area contributed by atoms with Crippen molar-refractivity contribution in [3.63, 3.8) is 0 Å². The standard InChI is InChI=1S/C8H12O3/c1-4-7(9)5-6(2)8(10)11-3/h4-5,7,9H,1H2,2-3H3. The summed E-state index contributed by atoms with van der Waals surface area (Å²) in [6.07, 6.45) is 1.92. The number of aliphatic hydroxyl groups is 1. The highest BCUT2D eigenvalue weighted by Gasteiger charge is 2.03. The lowest BCUT2D eigenvalue weighted by Crippen LogP contribution is -2.05. The van der Waals surface area contributed by atoms with Gasteiger partial charge in [0.05, 0.1) is 13.2 Å². The summed E-state index contributed by atoms with van der Waals surface area (Å²) in [6.45, 7) is 4.92. The third-order valence-corrected chi connectivity index (χ3v) is 1.17. The Morgan fingerprint density at radius 3 is 2.64 bits per heavy atom. The van der Waals surface area contributed by atoms with Gasteiger partial charge in [0.2, 0.25) is 0 Å². The van der Waals surface area contributed by atoms with Gasteiger partial charge in [-0.25, -0.2) is 4.79 Å². The van der Waals surface area contributed by atoms with Crippen molar-refractivity contribution in [1.82, 2.24) is 0 Å². The van der Waals surface area contributed by atoms with Crippen molar-refractivity contribution in [2.24, 2.45) is 0 Å². The molecule has 0 amide bonds. The maximum atomic E-state index is 10.7. The fourth-order valence-corrected chi connectivity index (χ4v) is 0.553. The van der Waals surface area contributed by atoms with Crippen molar-refractivity contribution in [3.05, 3.63) is 24.3 Å². The number of rotatable bonds is 3. The molecule has 0 rings (SSSR count). The Balaban J connectivity index is 4.20. The SMILES string of the molecule is C=CC(O)C=C(C)C(=O)OC. The van der Waals surface area contributed by atoms with Gasteiger partial charge in [0.15, 0.2) is 0 Å². The first-order valence-electron chi connectivity index (χ1n) is 3.19. The number of ether oxygens (including phenoxy) is 1. The third kappa shape index (κ3) is 3.57. The number of aliphatic hydroxyl groups excluding tert-OH is 1. The van der Waals surface area contributed by atoms with Gasteiger partial charge >= 0.3 is 5.97 Å². The quantitative estimate of drug-likeness (QED) is 0.371. The van der Waals surface area contributed by atoms with Gasteiger partial charge in [-0.2, -0.15) is 0 Å². The minimum atomic E-state index is -0.783. The van der Waals surface area contributed by atoms with Gasteiger partial charge in [-0.05, 0) is 13.0 Å². The predicted molar refractivity (Wildman–Crippen MR) is 42.0 cm³/mol. The van der Waals surface area contributed by atoms with E-state index in [-0.39, 0.29) is 0 Å². The second kappa shape index (κ2) is 4.68. The highest BCUT2D eigenvalue weighted by molar-refractivity contribution is 5.87. The van der Waals surface area contributed by atoms with Crippen LogP contribution >= 0.6 is 0 Å². The fourth-order valence-electron chi connectivity index (χ4n) is 0.553. The first kappa shape index (κ1) is 9.91. The van der Waals surface area contributed by atoms with E-state index in [2.05, 4.69) is 11.3 Å². The highest BCUT2D eigenvalue weighted by Crippen LogP contribution is 1.98. The Morgan fingerprint density at radius 1 is 1.73 bits per heavy atom. The van der Waals surface area contributed by atoms with Gasteiger partial charge in [-0.1, -0.05) is 6.08 Å². The molecule has 0 aromatic rings. The van der Waals surface area contributed by atoms with Crippen LogP contribution < -0.4 is 0 Å². The molecule has 1 N–H and O–H groups in total. The normalized spacial score (nSPS) is 13.9. The number of esters is 1. The number of carbonyl (C=O) groups excluding carboxylic acids is 1. The first-order valence-corrected chi connectivity index (χ1v) is 3.19. The van der Waals surface area contributed by atoms with Crippen molar-refractivity contribution in [3.8, 4) is 0 Å². The zero-order valence-corrected chi connectivity index (χ0v) is 6.70. The molecule has 1 atom stereocenters. The minimum Gasteiger partial charge on any atom is -0.466 e. The lowest BCUT2D eigenvalue weighted by molar-refractivity contribution is -0.136. The first-order chi connectivity index (χ1) is 5.11. The molecule has 11 heavy (non-hydrogen) atoms. The smallest absolute Gasteiger partial charge is 0.333 e. The van der Waals surface area contributed by atoms with Crippen LogP contribution in [0, 0.1) is 0 Å². The molecule has 0 saturated carbocycles. The van der Waals surface area contributed by atoms with E-state index in [1.165, 1.54) is 19.3 Å². The summed E-state index contributed by atoms with van der Waals surface area (Å²) in [5.41, 5.74) is 0.375. The number of hydrogen-bond acceptors (Lipinski definition) is 3. The molecule has 0 aliphatic rings. The monoisotopic (exact) mass is 156 g/mol. The van der Waals surface area contributed by atoms with Crippen molar-refractivity contribution < 1.29 is 14.6 Å². The minimum absolute atomic E-state index is 0.375. The Kier molecular flexibility index (Phi) is 4.22. The summed E-state index contributed by atoms with van der Waals surface area (Å²) in [5.74, 6) is -0.439. The van der Waals surface area contributed by atoms with E-state index in [4.69, 9.17) is 5.11 Å². The zero-order chi connectivity index (χ0) is 8.85.